The monoisotopic (exact) mass is 333 g/mol. The number of rotatable bonds is 7. The second kappa shape index (κ2) is 8.53. The minimum atomic E-state index is -0.286. The fourth-order valence-corrected chi connectivity index (χ4v) is 2.69. The maximum Gasteiger partial charge on any atom is 0.246 e. The Balaban J connectivity index is 2.04. The molecule has 1 N–H and O–H groups in total. The molecular formula is C17H20FN3OS. The maximum atomic E-state index is 13.0. The molecule has 4 nitrogen and oxygen atoms in total. The predicted molar refractivity (Wildman–Crippen MR) is 91.2 cm³/mol. The van der Waals surface area contributed by atoms with Gasteiger partial charge in [-0.05, 0) is 37.5 Å². The first-order chi connectivity index (χ1) is 11.1. The van der Waals surface area contributed by atoms with E-state index in [4.69, 9.17) is 0 Å². The molecule has 1 heterocycles. The molecule has 0 saturated heterocycles. The quantitative estimate of drug-likeness (QED) is 0.618. The Bertz CT molecular complexity index is 679. The predicted octanol–water partition coefficient (Wildman–Crippen LogP) is 3.84. The van der Waals surface area contributed by atoms with Crippen LogP contribution in [0.25, 0.3) is 0 Å². The Labute approximate surface area is 139 Å². The summed E-state index contributed by atoms with van der Waals surface area (Å²) < 4.78 is 13.0. The summed E-state index contributed by atoms with van der Waals surface area (Å²) in [5.41, 5.74) is 4.91. The largest absolute Gasteiger partial charge is 0.273 e. The zero-order valence-corrected chi connectivity index (χ0v) is 14.1. The van der Waals surface area contributed by atoms with Crippen LogP contribution >= 0.6 is 11.3 Å². The van der Waals surface area contributed by atoms with E-state index < -0.39 is 0 Å². The molecule has 2 rings (SSSR count). The number of unbranched alkanes of at least 4 members (excludes halogenated alkanes) is 1. The third-order valence-electron chi connectivity index (χ3n) is 3.27. The van der Waals surface area contributed by atoms with Gasteiger partial charge in [-0.15, -0.1) is 11.3 Å². The third-order valence-corrected chi connectivity index (χ3v) is 4.09. The number of halogens is 1. The van der Waals surface area contributed by atoms with Gasteiger partial charge >= 0.3 is 0 Å². The van der Waals surface area contributed by atoms with Gasteiger partial charge in [-0.2, -0.15) is 5.10 Å². The van der Waals surface area contributed by atoms with Crippen molar-refractivity contribution >= 4 is 23.0 Å². The van der Waals surface area contributed by atoms with Crippen molar-refractivity contribution in [3.63, 3.8) is 0 Å². The van der Waals surface area contributed by atoms with Crippen molar-refractivity contribution in [2.24, 2.45) is 5.10 Å². The van der Waals surface area contributed by atoms with Crippen molar-refractivity contribution in [1.29, 1.82) is 0 Å². The number of nitrogens with zero attached hydrogens (tertiary/aromatic N) is 2. The highest BCUT2D eigenvalue weighted by Crippen LogP contribution is 2.10. The van der Waals surface area contributed by atoms with Crippen molar-refractivity contribution in [3.05, 3.63) is 51.7 Å². The van der Waals surface area contributed by atoms with Crippen molar-refractivity contribution in [3.8, 4) is 0 Å². The summed E-state index contributed by atoms with van der Waals surface area (Å²) in [7, 11) is 0. The van der Waals surface area contributed by atoms with E-state index in [1.54, 1.807) is 12.1 Å². The molecule has 0 aliphatic heterocycles. The van der Waals surface area contributed by atoms with Gasteiger partial charge in [0.2, 0.25) is 5.91 Å². The third kappa shape index (κ3) is 5.56. The first-order valence-corrected chi connectivity index (χ1v) is 8.48. The van der Waals surface area contributed by atoms with Crippen molar-refractivity contribution in [1.82, 2.24) is 10.4 Å². The van der Waals surface area contributed by atoms with Crippen LogP contribution in [-0.4, -0.2) is 16.6 Å². The number of hydrazone groups is 1. The molecular weight excluding hydrogens is 313 g/mol. The van der Waals surface area contributed by atoms with E-state index in [-0.39, 0.29) is 18.1 Å². The summed E-state index contributed by atoms with van der Waals surface area (Å²) in [5.74, 6) is -0.488. The maximum absolute atomic E-state index is 13.0. The molecule has 1 aromatic heterocycles. The highest BCUT2D eigenvalue weighted by atomic mass is 32.1. The van der Waals surface area contributed by atoms with Gasteiger partial charge in [0.15, 0.2) is 0 Å². The first-order valence-electron chi connectivity index (χ1n) is 7.61. The molecule has 0 fully saturated rings. The smallest absolute Gasteiger partial charge is 0.246 e. The standard InChI is InChI=1S/C17H20FN3OS/c1-3-4-5-16(13-6-8-14(18)9-7-13)20-21-17(22)10-15-11-23-12(2)19-15/h6-9,11H,3-5,10H2,1-2H3,(H,21,22)/b20-16-. The number of aromatic nitrogens is 1. The molecule has 1 aromatic carbocycles. The zero-order chi connectivity index (χ0) is 16.7. The summed E-state index contributed by atoms with van der Waals surface area (Å²) in [5, 5.41) is 7.04. The lowest BCUT2D eigenvalue weighted by molar-refractivity contribution is -0.120. The zero-order valence-electron chi connectivity index (χ0n) is 13.3. The molecule has 6 heteroatoms. The summed E-state index contributed by atoms with van der Waals surface area (Å²) in [6, 6.07) is 6.16. The summed E-state index contributed by atoms with van der Waals surface area (Å²) >= 11 is 1.52. The highest BCUT2D eigenvalue weighted by molar-refractivity contribution is 7.09. The molecule has 0 spiro atoms. The van der Waals surface area contributed by atoms with E-state index in [0.717, 1.165) is 41.2 Å². The van der Waals surface area contributed by atoms with Crippen LogP contribution in [0.2, 0.25) is 0 Å². The van der Waals surface area contributed by atoms with Crippen LogP contribution < -0.4 is 5.43 Å². The van der Waals surface area contributed by atoms with Gasteiger partial charge in [-0.3, -0.25) is 4.79 Å². The van der Waals surface area contributed by atoms with Gasteiger partial charge < -0.3 is 0 Å². The number of carbonyl (C=O) groups excluding carboxylic acids is 1. The molecule has 2 aromatic rings. The van der Waals surface area contributed by atoms with Gasteiger partial charge in [0.25, 0.3) is 0 Å². The Morgan fingerprint density at radius 2 is 2.09 bits per heavy atom. The summed E-state index contributed by atoms with van der Waals surface area (Å²) in [4.78, 5) is 16.2. The molecule has 0 radical (unpaired) electrons. The van der Waals surface area contributed by atoms with E-state index in [1.165, 1.54) is 23.5 Å². The van der Waals surface area contributed by atoms with Crippen LogP contribution in [0.5, 0.6) is 0 Å². The number of carbonyl (C=O) groups is 1. The van der Waals surface area contributed by atoms with E-state index in [1.807, 2.05) is 12.3 Å². The van der Waals surface area contributed by atoms with Crippen LogP contribution in [0, 0.1) is 12.7 Å². The Kier molecular flexibility index (Phi) is 6.40. The van der Waals surface area contributed by atoms with Gasteiger partial charge in [0.05, 0.1) is 22.8 Å². The SMILES string of the molecule is CCCC/C(=N/NC(=O)Cc1csc(C)n1)c1ccc(F)cc1. The normalized spacial score (nSPS) is 11.5. The molecule has 1 amide bonds. The van der Waals surface area contributed by atoms with Gasteiger partial charge in [0.1, 0.15) is 5.82 Å². The van der Waals surface area contributed by atoms with Crippen LogP contribution in [-0.2, 0) is 11.2 Å². The average molecular weight is 333 g/mol. The van der Waals surface area contributed by atoms with Crippen molar-refractivity contribution in [2.75, 3.05) is 0 Å². The Hall–Kier alpha value is -2.08. The van der Waals surface area contributed by atoms with Crippen LogP contribution in [0.3, 0.4) is 0 Å². The first kappa shape index (κ1) is 17.3. The molecule has 23 heavy (non-hydrogen) atoms. The van der Waals surface area contributed by atoms with Gasteiger partial charge in [0, 0.05) is 5.38 Å². The van der Waals surface area contributed by atoms with E-state index >= 15 is 0 Å². The minimum Gasteiger partial charge on any atom is -0.273 e. The van der Waals surface area contributed by atoms with Gasteiger partial charge in [-0.25, -0.2) is 14.8 Å². The second-order valence-electron chi connectivity index (χ2n) is 5.24. The Morgan fingerprint density at radius 1 is 1.35 bits per heavy atom. The molecule has 0 saturated carbocycles. The van der Waals surface area contributed by atoms with Crippen LogP contribution in [0.4, 0.5) is 4.39 Å². The highest BCUT2D eigenvalue weighted by Gasteiger charge is 2.08. The number of nitrogens with one attached hydrogen (secondary N) is 1. The number of hydrogen-bond acceptors (Lipinski definition) is 4. The van der Waals surface area contributed by atoms with Crippen molar-refractivity contribution < 1.29 is 9.18 Å². The lowest BCUT2D eigenvalue weighted by atomic mass is 10.1. The van der Waals surface area contributed by atoms with Crippen LogP contribution in [0.1, 0.15) is 42.5 Å². The Morgan fingerprint density at radius 3 is 2.70 bits per heavy atom. The minimum absolute atomic E-state index is 0.202. The summed E-state index contributed by atoms with van der Waals surface area (Å²) in [6.45, 7) is 3.99. The van der Waals surface area contributed by atoms with Crippen LogP contribution in [0.15, 0.2) is 34.7 Å². The molecule has 0 aliphatic carbocycles. The lowest BCUT2D eigenvalue weighted by Gasteiger charge is -2.07. The molecule has 122 valence electrons. The fourth-order valence-electron chi connectivity index (χ4n) is 2.07. The lowest BCUT2D eigenvalue weighted by Crippen LogP contribution is -2.22. The summed E-state index contributed by atoms with van der Waals surface area (Å²) in [6.07, 6.45) is 2.92. The molecule has 0 unspecified atom stereocenters. The number of aryl methyl sites for hydroxylation is 1. The molecule has 0 bridgehead atoms. The molecule has 0 aliphatic rings. The second-order valence-corrected chi connectivity index (χ2v) is 6.30. The number of hydrogen-bond donors (Lipinski definition) is 1. The number of amides is 1. The van der Waals surface area contributed by atoms with E-state index in [0.29, 0.717) is 0 Å². The fraction of sp³-hybridized carbons (Fsp3) is 0.353. The van der Waals surface area contributed by atoms with Gasteiger partial charge in [-0.1, -0.05) is 25.5 Å². The van der Waals surface area contributed by atoms with E-state index in [9.17, 15) is 9.18 Å². The average Bonchev–Trinajstić information content (AvgIpc) is 2.93. The number of thiazole rings is 1. The molecule has 0 atom stereocenters. The topological polar surface area (TPSA) is 54.4 Å². The number of benzene rings is 1. The van der Waals surface area contributed by atoms with E-state index in [2.05, 4.69) is 22.4 Å². The van der Waals surface area contributed by atoms with Crippen molar-refractivity contribution in [2.45, 2.75) is 39.5 Å².